The van der Waals surface area contributed by atoms with E-state index in [1.807, 2.05) is 31.2 Å². The van der Waals surface area contributed by atoms with Crippen LogP contribution in [-0.4, -0.2) is 28.4 Å². The first kappa shape index (κ1) is 24.2. The Bertz CT molecular complexity index is 1240. The summed E-state index contributed by atoms with van der Waals surface area (Å²) in [6.07, 6.45) is 2.45. The van der Waals surface area contributed by atoms with Crippen LogP contribution in [0.1, 0.15) is 56.8 Å². The Kier molecular flexibility index (Phi) is 6.74. The summed E-state index contributed by atoms with van der Waals surface area (Å²) in [5.41, 5.74) is 2.25. The van der Waals surface area contributed by atoms with Crippen LogP contribution in [0.2, 0.25) is 0 Å². The van der Waals surface area contributed by atoms with Gasteiger partial charge in [0.1, 0.15) is 17.3 Å². The minimum Gasteiger partial charge on any atom is -0.507 e. The number of anilines is 1. The number of amides is 1. The van der Waals surface area contributed by atoms with Gasteiger partial charge in [-0.2, -0.15) is 0 Å². The topological polar surface area (TPSA) is 79.7 Å². The fourth-order valence-corrected chi connectivity index (χ4v) is 4.13. The molecule has 1 saturated heterocycles. The van der Waals surface area contributed by atoms with Crippen LogP contribution < -0.4 is 9.64 Å². The third kappa shape index (κ3) is 4.83. The van der Waals surface area contributed by atoms with Crippen LogP contribution in [-0.2, 0) is 15.0 Å². The highest BCUT2D eigenvalue weighted by Gasteiger charge is 2.47. The lowest BCUT2D eigenvalue weighted by atomic mass is 9.85. The number of hydrogen-bond acceptors (Lipinski definition) is 5. The van der Waals surface area contributed by atoms with Crippen molar-refractivity contribution in [3.8, 4) is 5.75 Å². The predicted octanol–water partition coefficient (Wildman–Crippen LogP) is 5.79. The number of ether oxygens (including phenoxy) is 1. The van der Waals surface area contributed by atoms with Crippen molar-refractivity contribution in [3.05, 3.63) is 95.2 Å². The van der Waals surface area contributed by atoms with Gasteiger partial charge >= 0.3 is 5.91 Å². The monoisotopic (exact) mass is 470 g/mol. The first-order valence-electron chi connectivity index (χ1n) is 11.8. The number of carbonyl (C=O) groups excluding carboxylic acids is 2. The Morgan fingerprint density at radius 3 is 2.26 bits per heavy atom. The van der Waals surface area contributed by atoms with Gasteiger partial charge in [0.2, 0.25) is 0 Å². The summed E-state index contributed by atoms with van der Waals surface area (Å²) in [5.74, 6) is -0.676. The summed E-state index contributed by atoms with van der Waals surface area (Å²) in [5, 5.41) is 11.3. The molecule has 3 aromatic rings. The van der Waals surface area contributed by atoms with Gasteiger partial charge in [0.25, 0.3) is 5.78 Å². The van der Waals surface area contributed by atoms with E-state index in [9.17, 15) is 14.7 Å². The molecule has 0 saturated carbocycles. The summed E-state index contributed by atoms with van der Waals surface area (Å²) in [7, 11) is 0. The lowest BCUT2D eigenvalue weighted by Gasteiger charge is -2.25. The minimum absolute atomic E-state index is 0.0337. The minimum atomic E-state index is -0.810. The Balaban J connectivity index is 1.84. The number of carbonyl (C=O) groups is 2. The zero-order chi connectivity index (χ0) is 25.2. The van der Waals surface area contributed by atoms with E-state index in [1.165, 1.54) is 4.90 Å². The molecule has 1 amide bonds. The molecule has 0 aliphatic carbocycles. The summed E-state index contributed by atoms with van der Waals surface area (Å²) >= 11 is 0. The third-order valence-corrected chi connectivity index (χ3v) is 6.03. The van der Waals surface area contributed by atoms with Crippen LogP contribution in [0.4, 0.5) is 5.82 Å². The molecule has 2 heterocycles. The van der Waals surface area contributed by atoms with Crippen molar-refractivity contribution in [1.29, 1.82) is 0 Å². The Labute approximate surface area is 205 Å². The molecule has 35 heavy (non-hydrogen) atoms. The van der Waals surface area contributed by atoms with Crippen molar-refractivity contribution in [3.63, 3.8) is 0 Å². The molecule has 1 unspecified atom stereocenters. The Morgan fingerprint density at radius 2 is 1.69 bits per heavy atom. The van der Waals surface area contributed by atoms with Crippen LogP contribution in [0.15, 0.2) is 78.5 Å². The van der Waals surface area contributed by atoms with Gasteiger partial charge in [-0.3, -0.25) is 14.5 Å². The summed E-state index contributed by atoms with van der Waals surface area (Å²) in [4.78, 5) is 32.1. The normalized spacial score (nSPS) is 17.6. The van der Waals surface area contributed by atoms with Crippen molar-refractivity contribution in [2.75, 3.05) is 11.5 Å². The molecular weight excluding hydrogens is 440 g/mol. The fraction of sp³-hybridized carbons (Fsp3) is 0.276. The maximum atomic E-state index is 13.3. The van der Waals surface area contributed by atoms with E-state index in [2.05, 4.69) is 25.8 Å². The average Bonchev–Trinajstić information content (AvgIpc) is 3.13. The van der Waals surface area contributed by atoms with E-state index in [0.717, 1.165) is 12.0 Å². The van der Waals surface area contributed by atoms with E-state index < -0.39 is 17.7 Å². The molecule has 1 aliphatic rings. The maximum Gasteiger partial charge on any atom is 0.301 e. The summed E-state index contributed by atoms with van der Waals surface area (Å²) in [6.45, 7) is 8.97. The van der Waals surface area contributed by atoms with Crippen LogP contribution in [0.25, 0.3) is 5.76 Å². The van der Waals surface area contributed by atoms with Crippen LogP contribution in [0, 0.1) is 0 Å². The number of aliphatic hydroxyl groups excluding tert-OH is 1. The average molecular weight is 471 g/mol. The number of nitrogens with zero attached hydrogens (tertiary/aromatic N) is 2. The van der Waals surface area contributed by atoms with Gasteiger partial charge in [0.05, 0.1) is 18.2 Å². The molecular formula is C29H30N2O4. The van der Waals surface area contributed by atoms with Gasteiger partial charge in [0.15, 0.2) is 0 Å². The van der Waals surface area contributed by atoms with Gasteiger partial charge in [0, 0.05) is 11.8 Å². The summed E-state index contributed by atoms with van der Waals surface area (Å²) in [6, 6.07) is 19.0. The molecule has 2 aromatic carbocycles. The fourth-order valence-electron chi connectivity index (χ4n) is 4.13. The van der Waals surface area contributed by atoms with E-state index in [4.69, 9.17) is 4.74 Å². The van der Waals surface area contributed by atoms with Crippen molar-refractivity contribution < 1.29 is 19.4 Å². The quantitative estimate of drug-likeness (QED) is 0.280. The highest BCUT2D eigenvalue weighted by Crippen LogP contribution is 2.42. The molecule has 6 nitrogen and oxygen atoms in total. The van der Waals surface area contributed by atoms with Crippen molar-refractivity contribution in [1.82, 2.24) is 4.98 Å². The number of hydrogen-bond donors (Lipinski definition) is 1. The molecule has 4 rings (SSSR count). The number of pyridine rings is 1. The molecule has 1 aliphatic heterocycles. The summed E-state index contributed by atoms with van der Waals surface area (Å²) < 4.78 is 5.62. The Morgan fingerprint density at radius 1 is 1.00 bits per heavy atom. The largest absolute Gasteiger partial charge is 0.507 e. The maximum absolute atomic E-state index is 13.3. The van der Waals surface area contributed by atoms with E-state index >= 15 is 0 Å². The highest BCUT2D eigenvalue weighted by molar-refractivity contribution is 6.51. The van der Waals surface area contributed by atoms with Gasteiger partial charge in [-0.15, -0.1) is 0 Å². The molecule has 6 heteroatoms. The molecule has 1 fully saturated rings. The number of benzene rings is 2. The molecule has 1 aromatic heterocycles. The van der Waals surface area contributed by atoms with Crippen molar-refractivity contribution in [2.45, 2.75) is 45.6 Å². The second kappa shape index (κ2) is 9.74. The SMILES string of the molecule is CCCOc1ccc(C(O)=C2C(=O)C(=O)N(c3ccccn3)C2c2ccc(C(C)(C)C)cc2)cc1. The van der Waals surface area contributed by atoms with Crippen LogP contribution >= 0.6 is 0 Å². The van der Waals surface area contributed by atoms with Crippen molar-refractivity contribution in [2.24, 2.45) is 0 Å². The third-order valence-electron chi connectivity index (χ3n) is 6.03. The van der Waals surface area contributed by atoms with E-state index in [-0.39, 0.29) is 16.7 Å². The number of rotatable bonds is 6. The zero-order valence-corrected chi connectivity index (χ0v) is 20.5. The van der Waals surface area contributed by atoms with Crippen LogP contribution in [0.5, 0.6) is 5.75 Å². The van der Waals surface area contributed by atoms with E-state index in [0.29, 0.717) is 29.3 Å². The second-order valence-corrected chi connectivity index (χ2v) is 9.60. The molecule has 0 bridgehead atoms. The molecule has 1 N–H and O–H groups in total. The van der Waals surface area contributed by atoms with Crippen LogP contribution in [0.3, 0.4) is 0 Å². The van der Waals surface area contributed by atoms with Crippen molar-refractivity contribution >= 4 is 23.3 Å². The van der Waals surface area contributed by atoms with Gasteiger partial charge in [-0.05, 0) is 59.4 Å². The first-order chi connectivity index (χ1) is 16.7. The predicted molar refractivity (Wildman–Crippen MR) is 136 cm³/mol. The number of ketones is 1. The smallest absolute Gasteiger partial charge is 0.301 e. The highest BCUT2D eigenvalue weighted by atomic mass is 16.5. The van der Waals surface area contributed by atoms with E-state index in [1.54, 1.807) is 48.7 Å². The van der Waals surface area contributed by atoms with Gasteiger partial charge in [-0.25, -0.2) is 4.98 Å². The lowest BCUT2D eigenvalue weighted by molar-refractivity contribution is -0.132. The zero-order valence-electron chi connectivity index (χ0n) is 20.5. The van der Waals surface area contributed by atoms with Gasteiger partial charge in [-0.1, -0.05) is 58.0 Å². The molecule has 0 spiro atoms. The number of Topliss-reactive ketones (excluding diaryl/α,β-unsaturated/α-hetero) is 1. The number of aromatic nitrogens is 1. The lowest BCUT2D eigenvalue weighted by Crippen LogP contribution is -2.30. The first-order valence-corrected chi connectivity index (χ1v) is 11.8. The Hall–Kier alpha value is -3.93. The molecule has 0 radical (unpaired) electrons. The van der Waals surface area contributed by atoms with Gasteiger partial charge < -0.3 is 9.84 Å². The molecule has 180 valence electrons. The second-order valence-electron chi connectivity index (χ2n) is 9.60. The standard InChI is InChI=1S/C29H30N2O4/c1-5-18-35-22-15-11-20(12-16-22)26(32)24-25(19-9-13-21(14-10-19)29(2,3)4)31(28(34)27(24)33)23-8-6-7-17-30-23/h6-17,25,32H,5,18H2,1-4H3. The number of aliphatic hydroxyl groups is 1. The molecule has 1 atom stereocenters.